The number of carboxylic acid groups (broad SMARTS) is 1. The van der Waals surface area contributed by atoms with Gasteiger partial charge in [-0.2, -0.15) is 0 Å². The van der Waals surface area contributed by atoms with Crippen LogP contribution in [-0.2, 0) is 4.79 Å². The molecule has 1 heterocycles. The monoisotopic (exact) mass is 302 g/mol. The van der Waals surface area contributed by atoms with Crippen molar-refractivity contribution in [3.05, 3.63) is 58.0 Å². The summed E-state index contributed by atoms with van der Waals surface area (Å²) >= 11 is 0. The van der Waals surface area contributed by atoms with E-state index < -0.39 is 18.5 Å². The topological polar surface area (TPSA) is 108 Å². The van der Waals surface area contributed by atoms with Crippen molar-refractivity contribution in [1.82, 2.24) is 4.98 Å². The van der Waals surface area contributed by atoms with Crippen LogP contribution in [-0.4, -0.2) is 28.6 Å². The molecule has 0 atom stereocenters. The number of rotatable bonds is 5. The molecule has 0 bridgehead atoms. The number of aryl methyl sites for hydroxylation is 1. The summed E-state index contributed by atoms with van der Waals surface area (Å²) < 4.78 is 5.05. The molecule has 0 saturated heterocycles. The molecule has 0 aliphatic carbocycles. The van der Waals surface area contributed by atoms with Gasteiger partial charge in [-0.1, -0.05) is 0 Å². The molecule has 0 fully saturated rings. The van der Waals surface area contributed by atoms with Crippen LogP contribution in [0, 0.1) is 6.92 Å². The van der Waals surface area contributed by atoms with Crippen molar-refractivity contribution >= 4 is 17.6 Å². The number of aliphatic carboxylic acids is 1. The SMILES string of the molecule is Cc1cc(OCC(=O)O)ccc1NC(=O)c1cc[nH]c(=O)c1. The third-order valence-corrected chi connectivity index (χ3v) is 2.85. The lowest BCUT2D eigenvalue weighted by Gasteiger charge is -2.10. The summed E-state index contributed by atoms with van der Waals surface area (Å²) in [6.45, 7) is 1.32. The molecule has 0 aliphatic heterocycles. The van der Waals surface area contributed by atoms with E-state index in [9.17, 15) is 14.4 Å². The molecule has 3 N–H and O–H groups in total. The smallest absolute Gasteiger partial charge is 0.341 e. The number of carbonyl (C=O) groups excluding carboxylic acids is 1. The largest absolute Gasteiger partial charge is 0.482 e. The zero-order valence-corrected chi connectivity index (χ0v) is 11.8. The summed E-state index contributed by atoms with van der Waals surface area (Å²) in [5.74, 6) is -1.08. The Kier molecular flexibility index (Phi) is 4.57. The Morgan fingerprint density at radius 1 is 1.27 bits per heavy atom. The summed E-state index contributed by atoms with van der Waals surface area (Å²) in [4.78, 5) is 36.1. The van der Waals surface area contributed by atoms with Gasteiger partial charge in [-0.15, -0.1) is 0 Å². The highest BCUT2D eigenvalue weighted by atomic mass is 16.5. The molecule has 7 heteroatoms. The lowest BCUT2D eigenvalue weighted by atomic mass is 10.1. The van der Waals surface area contributed by atoms with Crippen LogP contribution >= 0.6 is 0 Å². The molecule has 1 aromatic heterocycles. The minimum absolute atomic E-state index is 0.245. The molecule has 0 unspecified atom stereocenters. The molecule has 1 aromatic carbocycles. The van der Waals surface area contributed by atoms with Crippen LogP contribution in [0.5, 0.6) is 5.75 Å². The number of carbonyl (C=O) groups is 2. The van der Waals surface area contributed by atoms with E-state index in [1.54, 1.807) is 25.1 Å². The van der Waals surface area contributed by atoms with Crippen molar-refractivity contribution in [3.8, 4) is 5.75 Å². The van der Waals surface area contributed by atoms with Gasteiger partial charge in [0.1, 0.15) is 5.75 Å². The van der Waals surface area contributed by atoms with Crippen LogP contribution in [0.4, 0.5) is 5.69 Å². The third-order valence-electron chi connectivity index (χ3n) is 2.85. The normalized spacial score (nSPS) is 10.0. The highest BCUT2D eigenvalue weighted by molar-refractivity contribution is 6.04. The maximum Gasteiger partial charge on any atom is 0.341 e. The summed E-state index contributed by atoms with van der Waals surface area (Å²) in [5, 5.41) is 11.2. The molecule has 1 amide bonds. The van der Waals surface area contributed by atoms with Crippen LogP contribution in [0.25, 0.3) is 0 Å². The first-order valence-corrected chi connectivity index (χ1v) is 6.41. The maximum atomic E-state index is 12.0. The fraction of sp³-hybridized carbons (Fsp3) is 0.133. The first kappa shape index (κ1) is 15.3. The van der Waals surface area contributed by atoms with Gasteiger partial charge in [-0.3, -0.25) is 9.59 Å². The van der Waals surface area contributed by atoms with Crippen LogP contribution in [0.2, 0.25) is 0 Å². The summed E-state index contributed by atoms with van der Waals surface area (Å²) in [7, 11) is 0. The second kappa shape index (κ2) is 6.57. The number of ether oxygens (including phenoxy) is 1. The molecule has 7 nitrogen and oxygen atoms in total. The first-order valence-electron chi connectivity index (χ1n) is 6.41. The van der Waals surface area contributed by atoms with Gasteiger partial charge in [0.05, 0.1) is 0 Å². The Bertz CT molecular complexity index is 767. The average molecular weight is 302 g/mol. The Morgan fingerprint density at radius 2 is 2.05 bits per heavy atom. The fourth-order valence-electron chi connectivity index (χ4n) is 1.79. The highest BCUT2D eigenvalue weighted by Gasteiger charge is 2.09. The summed E-state index contributed by atoms with van der Waals surface area (Å²) in [6, 6.07) is 7.49. The number of carboxylic acids is 1. The van der Waals surface area contributed by atoms with E-state index >= 15 is 0 Å². The Balaban J connectivity index is 2.11. The zero-order valence-electron chi connectivity index (χ0n) is 11.8. The number of amides is 1. The van der Waals surface area contributed by atoms with Crippen LogP contribution in [0.1, 0.15) is 15.9 Å². The first-order chi connectivity index (χ1) is 10.5. The van der Waals surface area contributed by atoms with Gasteiger partial charge < -0.3 is 20.1 Å². The number of aromatic nitrogens is 1. The number of hydrogen-bond acceptors (Lipinski definition) is 4. The summed E-state index contributed by atoms with van der Waals surface area (Å²) in [6.07, 6.45) is 1.40. The lowest BCUT2D eigenvalue weighted by Crippen LogP contribution is -2.16. The van der Waals surface area contributed by atoms with Crippen LogP contribution in [0.3, 0.4) is 0 Å². The van der Waals surface area contributed by atoms with Gasteiger partial charge in [0.15, 0.2) is 6.61 Å². The molecular weight excluding hydrogens is 288 g/mol. The van der Waals surface area contributed by atoms with Crippen LogP contribution in [0.15, 0.2) is 41.3 Å². The fourth-order valence-corrected chi connectivity index (χ4v) is 1.79. The van der Waals surface area contributed by atoms with Gasteiger partial charge >= 0.3 is 5.97 Å². The molecule has 2 rings (SSSR count). The van der Waals surface area contributed by atoms with Crippen molar-refractivity contribution in [2.75, 3.05) is 11.9 Å². The summed E-state index contributed by atoms with van der Waals surface area (Å²) in [5.41, 5.74) is 1.14. The second-order valence-electron chi connectivity index (χ2n) is 4.55. The van der Waals surface area contributed by atoms with E-state index in [4.69, 9.17) is 9.84 Å². The number of H-pyrrole nitrogens is 1. The number of hydrogen-bond donors (Lipinski definition) is 3. The predicted molar refractivity (Wildman–Crippen MR) is 79.3 cm³/mol. The van der Waals surface area contributed by atoms with Crippen LogP contribution < -0.4 is 15.6 Å². The molecule has 22 heavy (non-hydrogen) atoms. The molecule has 2 aromatic rings. The number of benzene rings is 1. The molecular formula is C15H14N2O5. The predicted octanol–water partition coefficient (Wildman–Crippen LogP) is 1.40. The van der Waals surface area contributed by atoms with Gasteiger partial charge in [-0.05, 0) is 36.8 Å². The Hall–Kier alpha value is -3.09. The van der Waals surface area contributed by atoms with Gasteiger partial charge in [0.25, 0.3) is 5.91 Å². The Morgan fingerprint density at radius 3 is 2.68 bits per heavy atom. The van der Waals surface area contributed by atoms with Crippen molar-refractivity contribution in [2.24, 2.45) is 0 Å². The van der Waals surface area contributed by atoms with E-state index in [2.05, 4.69) is 10.3 Å². The number of pyridine rings is 1. The minimum atomic E-state index is -1.07. The van der Waals surface area contributed by atoms with Gasteiger partial charge in [0.2, 0.25) is 5.56 Å². The van der Waals surface area contributed by atoms with Crippen molar-refractivity contribution in [2.45, 2.75) is 6.92 Å². The van der Waals surface area contributed by atoms with E-state index in [1.807, 2.05) is 0 Å². The quantitative estimate of drug-likeness (QED) is 0.773. The maximum absolute atomic E-state index is 12.0. The molecule has 0 saturated carbocycles. The minimum Gasteiger partial charge on any atom is -0.482 e. The number of anilines is 1. The van der Waals surface area contributed by atoms with Crippen molar-refractivity contribution < 1.29 is 19.4 Å². The van der Waals surface area contributed by atoms with Crippen molar-refractivity contribution in [3.63, 3.8) is 0 Å². The Labute approximate surface area is 125 Å². The lowest BCUT2D eigenvalue weighted by molar-refractivity contribution is -0.139. The third kappa shape index (κ3) is 3.95. The molecule has 0 radical (unpaired) electrons. The average Bonchev–Trinajstić information content (AvgIpc) is 2.47. The highest BCUT2D eigenvalue weighted by Crippen LogP contribution is 2.21. The van der Waals surface area contributed by atoms with Gasteiger partial charge in [-0.25, -0.2) is 4.79 Å². The zero-order chi connectivity index (χ0) is 16.1. The van der Waals surface area contributed by atoms with E-state index in [0.29, 0.717) is 17.0 Å². The number of nitrogens with one attached hydrogen (secondary N) is 2. The van der Waals surface area contributed by atoms with Crippen molar-refractivity contribution in [1.29, 1.82) is 0 Å². The van der Waals surface area contributed by atoms with E-state index in [1.165, 1.54) is 18.3 Å². The molecule has 0 aliphatic rings. The van der Waals surface area contributed by atoms with E-state index in [-0.39, 0.29) is 11.1 Å². The van der Waals surface area contributed by atoms with Gasteiger partial charge in [0, 0.05) is 23.5 Å². The molecule has 114 valence electrons. The molecule has 0 spiro atoms. The number of aromatic amines is 1. The second-order valence-corrected chi connectivity index (χ2v) is 4.55. The van der Waals surface area contributed by atoms with E-state index in [0.717, 1.165) is 0 Å². The standard InChI is InChI=1S/C15H14N2O5/c1-9-6-11(22-8-14(19)20)2-3-12(9)17-15(21)10-4-5-16-13(18)7-10/h2-7H,8H2,1H3,(H,16,18)(H,17,21)(H,19,20).